The van der Waals surface area contributed by atoms with Crippen molar-refractivity contribution in [1.29, 1.82) is 5.26 Å². The smallest absolute Gasteiger partial charge is 0.411 e. The molecule has 12 nitrogen and oxygen atoms in total. The summed E-state index contributed by atoms with van der Waals surface area (Å²) in [5.74, 6) is -2.32. The Balaban J connectivity index is 1.77. The number of aromatic carboxylic acids is 1. The van der Waals surface area contributed by atoms with Crippen molar-refractivity contribution in [2.75, 3.05) is 23.1 Å². The molecule has 0 bridgehead atoms. The Morgan fingerprint density at radius 3 is 2.34 bits per heavy atom. The molecule has 0 atom stereocenters. The van der Waals surface area contributed by atoms with Gasteiger partial charge in [-0.05, 0) is 42.0 Å². The van der Waals surface area contributed by atoms with E-state index in [0.29, 0.717) is 22.5 Å². The molecule has 0 saturated heterocycles. The first-order valence-corrected chi connectivity index (χ1v) is 11.0. The van der Waals surface area contributed by atoms with Crippen LogP contribution in [0, 0.1) is 11.3 Å². The molecule has 0 saturated carbocycles. The summed E-state index contributed by atoms with van der Waals surface area (Å²) in [5.41, 5.74) is 1.82. The number of methoxy groups -OCH3 is 1. The number of hydrogen-bond donors (Lipinski definition) is 4. The van der Waals surface area contributed by atoms with Gasteiger partial charge in [-0.25, -0.2) is 9.59 Å². The van der Waals surface area contributed by atoms with Gasteiger partial charge in [0.15, 0.2) is 11.3 Å². The number of carbonyl (C=O) groups excluding carboxylic acids is 3. The van der Waals surface area contributed by atoms with Crippen LogP contribution in [0.15, 0.2) is 59.1 Å². The first-order valence-electron chi connectivity index (χ1n) is 11.0. The molecular formula is C26H19N5O7. The van der Waals surface area contributed by atoms with E-state index in [-0.39, 0.29) is 39.4 Å². The van der Waals surface area contributed by atoms with Gasteiger partial charge in [-0.2, -0.15) is 5.26 Å². The van der Waals surface area contributed by atoms with Gasteiger partial charge in [-0.15, -0.1) is 0 Å². The third-order valence-corrected chi connectivity index (χ3v) is 5.39. The molecule has 38 heavy (non-hydrogen) atoms. The quantitative estimate of drug-likeness (QED) is 0.289. The van der Waals surface area contributed by atoms with Crippen molar-refractivity contribution in [3.8, 4) is 17.2 Å². The van der Waals surface area contributed by atoms with Crippen molar-refractivity contribution in [3.63, 3.8) is 0 Å². The second kappa shape index (κ2) is 10.5. The van der Waals surface area contributed by atoms with Crippen LogP contribution in [-0.4, -0.2) is 41.2 Å². The van der Waals surface area contributed by atoms with Crippen molar-refractivity contribution in [2.24, 2.45) is 0 Å². The summed E-state index contributed by atoms with van der Waals surface area (Å²) in [6.45, 7) is 1.38. The third kappa shape index (κ3) is 5.26. The highest BCUT2D eigenvalue weighted by molar-refractivity contribution is 6.14. The van der Waals surface area contributed by atoms with E-state index >= 15 is 0 Å². The first kappa shape index (κ1) is 25.4. The third-order valence-electron chi connectivity index (χ3n) is 5.39. The first-order chi connectivity index (χ1) is 18.2. The number of carbonyl (C=O) groups is 4. The number of anilines is 3. The highest BCUT2D eigenvalue weighted by atomic mass is 16.5. The molecule has 1 heterocycles. The molecule has 12 heteroatoms. The van der Waals surface area contributed by atoms with Gasteiger partial charge in [0.1, 0.15) is 0 Å². The standard InChI is InChI=1S/C26H19N5O7/c1-13(32)28-16-6-4-15(5-7-16)17-10-19-22(11-21(17)30-26(36)37-2)38-31-23(19)24(33)29-20-8-3-14(12-27)9-18(20)25(34)35/h3-11H,1-2H3,(H,28,32)(H,29,33)(H,30,36)(H,34,35). The summed E-state index contributed by atoms with van der Waals surface area (Å²) in [6.07, 6.45) is -0.736. The zero-order chi connectivity index (χ0) is 27.4. The van der Waals surface area contributed by atoms with Crippen molar-refractivity contribution < 1.29 is 33.5 Å². The second-order valence-electron chi connectivity index (χ2n) is 7.93. The van der Waals surface area contributed by atoms with E-state index in [2.05, 4.69) is 21.1 Å². The van der Waals surface area contributed by atoms with Gasteiger partial charge in [-0.1, -0.05) is 17.3 Å². The number of ether oxygens (including phenoxy) is 1. The van der Waals surface area contributed by atoms with Crippen molar-refractivity contribution in [1.82, 2.24) is 5.16 Å². The average molecular weight is 513 g/mol. The van der Waals surface area contributed by atoms with E-state index in [1.54, 1.807) is 30.3 Å². The number of aromatic nitrogens is 1. The van der Waals surface area contributed by atoms with Gasteiger partial charge in [-0.3, -0.25) is 14.9 Å². The van der Waals surface area contributed by atoms with Gasteiger partial charge in [0.25, 0.3) is 5.91 Å². The number of nitrogens with one attached hydrogen (secondary N) is 3. The van der Waals surface area contributed by atoms with Gasteiger partial charge in [0, 0.05) is 24.2 Å². The van der Waals surface area contributed by atoms with E-state index in [0.717, 1.165) is 6.07 Å². The topological polar surface area (TPSA) is 184 Å². The summed E-state index contributed by atoms with van der Waals surface area (Å²) in [5, 5.41) is 30.4. The molecule has 0 aliphatic heterocycles. The lowest BCUT2D eigenvalue weighted by molar-refractivity contribution is -0.114. The van der Waals surface area contributed by atoms with E-state index in [4.69, 9.17) is 14.5 Å². The number of nitrogens with zero attached hydrogens (tertiary/aromatic N) is 2. The maximum atomic E-state index is 13.1. The largest absolute Gasteiger partial charge is 0.478 e. The van der Waals surface area contributed by atoms with Gasteiger partial charge >= 0.3 is 12.1 Å². The summed E-state index contributed by atoms with van der Waals surface area (Å²) < 4.78 is 10.0. The van der Waals surface area contributed by atoms with Crippen LogP contribution in [-0.2, 0) is 9.53 Å². The number of carboxylic acids is 1. The monoisotopic (exact) mass is 513 g/mol. The van der Waals surface area contributed by atoms with Crippen molar-refractivity contribution in [2.45, 2.75) is 6.92 Å². The van der Waals surface area contributed by atoms with Crippen LogP contribution in [0.5, 0.6) is 0 Å². The van der Waals surface area contributed by atoms with E-state index in [1.165, 1.54) is 32.2 Å². The predicted octanol–water partition coefficient (Wildman–Crippen LogP) is 4.45. The minimum atomic E-state index is -1.33. The van der Waals surface area contributed by atoms with Crippen LogP contribution in [0.3, 0.4) is 0 Å². The molecule has 4 aromatic rings. The number of rotatable bonds is 6. The maximum Gasteiger partial charge on any atom is 0.411 e. The van der Waals surface area contributed by atoms with Gasteiger partial charge < -0.3 is 25.0 Å². The molecule has 0 fully saturated rings. The Morgan fingerprint density at radius 2 is 1.71 bits per heavy atom. The molecule has 0 spiro atoms. The molecule has 0 radical (unpaired) electrons. The Kier molecular flexibility index (Phi) is 7.02. The summed E-state index contributed by atoms with van der Waals surface area (Å²) in [7, 11) is 1.21. The highest BCUT2D eigenvalue weighted by Gasteiger charge is 2.22. The van der Waals surface area contributed by atoms with Crippen LogP contribution in [0.1, 0.15) is 33.3 Å². The second-order valence-corrected chi connectivity index (χ2v) is 7.93. The predicted molar refractivity (Wildman–Crippen MR) is 136 cm³/mol. The summed E-state index contributed by atoms with van der Waals surface area (Å²) >= 11 is 0. The average Bonchev–Trinajstić information content (AvgIpc) is 3.31. The maximum absolute atomic E-state index is 13.1. The number of hydrogen-bond acceptors (Lipinski definition) is 8. The highest BCUT2D eigenvalue weighted by Crippen LogP contribution is 2.35. The zero-order valence-corrected chi connectivity index (χ0v) is 20.0. The normalized spacial score (nSPS) is 10.3. The fourth-order valence-electron chi connectivity index (χ4n) is 3.67. The molecule has 3 amide bonds. The molecule has 0 unspecified atom stereocenters. The lowest BCUT2D eigenvalue weighted by Crippen LogP contribution is -2.15. The molecule has 1 aromatic heterocycles. The number of fused-ring (bicyclic) bond motifs is 1. The fourth-order valence-corrected chi connectivity index (χ4v) is 3.67. The van der Waals surface area contributed by atoms with E-state index in [9.17, 15) is 24.3 Å². The minimum absolute atomic E-state index is 0.0320. The van der Waals surface area contributed by atoms with Crippen LogP contribution < -0.4 is 16.0 Å². The molecule has 4 rings (SSSR count). The van der Waals surface area contributed by atoms with Crippen LogP contribution in [0.25, 0.3) is 22.1 Å². The van der Waals surface area contributed by atoms with E-state index in [1.807, 2.05) is 6.07 Å². The van der Waals surface area contributed by atoms with Crippen molar-refractivity contribution in [3.05, 3.63) is 71.4 Å². The Morgan fingerprint density at radius 1 is 0.974 bits per heavy atom. The lowest BCUT2D eigenvalue weighted by Gasteiger charge is -2.12. The van der Waals surface area contributed by atoms with Gasteiger partial charge in [0.2, 0.25) is 5.91 Å². The minimum Gasteiger partial charge on any atom is -0.478 e. The van der Waals surface area contributed by atoms with Crippen LogP contribution >= 0.6 is 0 Å². The Bertz CT molecular complexity index is 1630. The molecular weight excluding hydrogens is 494 g/mol. The number of nitriles is 1. The zero-order valence-electron chi connectivity index (χ0n) is 20.0. The van der Waals surface area contributed by atoms with E-state index < -0.39 is 18.0 Å². The summed E-state index contributed by atoms with van der Waals surface area (Å²) in [4.78, 5) is 48.1. The molecule has 190 valence electrons. The number of benzene rings is 3. The lowest BCUT2D eigenvalue weighted by atomic mass is 10.00. The number of carboxylic acid groups (broad SMARTS) is 1. The van der Waals surface area contributed by atoms with Crippen molar-refractivity contribution >= 4 is 51.9 Å². The van der Waals surface area contributed by atoms with Crippen LogP contribution in [0.4, 0.5) is 21.9 Å². The van der Waals surface area contributed by atoms with Crippen LogP contribution in [0.2, 0.25) is 0 Å². The molecule has 0 aliphatic rings. The molecule has 3 aromatic carbocycles. The molecule has 4 N–H and O–H groups in total. The fraction of sp³-hybridized carbons (Fsp3) is 0.0769. The number of amides is 3. The Labute approximate surface area is 214 Å². The Hall–Kier alpha value is -5.70. The molecule has 0 aliphatic carbocycles. The SMILES string of the molecule is COC(=O)Nc1cc2onc(C(=O)Nc3ccc(C#N)cc3C(=O)O)c2cc1-c1ccc(NC(C)=O)cc1. The summed E-state index contributed by atoms with van der Waals surface area (Å²) in [6, 6.07) is 15.5. The van der Waals surface area contributed by atoms with Gasteiger partial charge in [0.05, 0.1) is 41.1 Å².